The molecule has 0 spiro atoms. The molecule has 2 saturated carbocycles. The van der Waals surface area contributed by atoms with Crippen LogP contribution in [0.25, 0.3) is 22.2 Å². The summed E-state index contributed by atoms with van der Waals surface area (Å²) in [6.45, 7) is 1.30. The Morgan fingerprint density at radius 2 is 1.95 bits per heavy atom. The summed E-state index contributed by atoms with van der Waals surface area (Å²) in [5.41, 5.74) is 5.43. The molecule has 1 unspecified atom stereocenters. The molecule has 1 aromatic carbocycles. The second kappa shape index (κ2) is 8.58. The van der Waals surface area contributed by atoms with Gasteiger partial charge in [-0.15, -0.1) is 0 Å². The van der Waals surface area contributed by atoms with Gasteiger partial charge in [0.05, 0.1) is 34.5 Å². The number of halogens is 5. The molecule has 0 radical (unpaired) electrons. The highest BCUT2D eigenvalue weighted by Gasteiger charge is 2.56. The van der Waals surface area contributed by atoms with Gasteiger partial charge in [-0.3, -0.25) is 0 Å². The van der Waals surface area contributed by atoms with E-state index in [-0.39, 0.29) is 42.6 Å². The van der Waals surface area contributed by atoms with Crippen LogP contribution < -0.4 is 11.1 Å². The molecule has 6 nitrogen and oxygen atoms in total. The summed E-state index contributed by atoms with van der Waals surface area (Å²) >= 11 is 5.97. The van der Waals surface area contributed by atoms with E-state index in [4.69, 9.17) is 17.3 Å². The number of nitrogen functional groups attached to an aromatic ring is 1. The molecule has 3 heterocycles. The van der Waals surface area contributed by atoms with Crippen molar-refractivity contribution < 1.29 is 22.7 Å². The van der Waals surface area contributed by atoms with E-state index in [1.54, 1.807) is 4.57 Å². The average Bonchev–Trinajstić information content (AvgIpc) is 3.71. The van der Waals surface area contributed by atoms with Crippen molar-refractivity contribution in [2.45, 2.75) is 50.4 Å². The maximum absolute atomic E-state index is 16.5. The zero-order valence-electron chi connectivity index (χ0n) is 19.7. The van der Waals surface area contributed by atoms with E-state index in [9.17, 15) is 23.5 Å². The second-order valence-electron chi connectivity index (χ2n) is 10.2. The minimum atomic E-state index is -4.88. The Labute approximate surface area is 215 Å². The van der Waals surface area contributed by atoms with Crippen molar-refractivity contribution >= 4 is 28.2 Å². The summed E-state index contributed by atoms with van der Waals surface area (Å²) in [5, 5.41) is 23.0. The largest absolute Gasteiger partial charge is 0.418 e. The maximum atomic E-state index is 16.5. The van der Waals surface area contributed by atoms with Crippen LogP contribution in [-0.2, 0) is 19.2 Å². The smallest absolute Gasteiger partial charge is 0.399 e. The van der Waals surface area contributed by atoms with Crippen molar-refractivity contribution in [2.24, 2.45) is 11.8 Å². The Morgan fingerprint density at radius 3 is 2.54 bits per heavy atom. The summed E-state index contributed by atoms with van der Waals surface area (Å²) in [6.07, 6.45) is -3.15. The number of nitrogens with two attached hydrogens (primary N) is 1. The molecule has 2 aromatic heterocycles. The first kappa shape index (κ1) is 24.5. The number of nitrogens with one attached hydrogen (secondary N) is 1. The molecular weight excluding hydrogens is 510 g/mol. The second-order valence-corrected chi connectivity index (χ2v) is 10.6. The highest BCUT2D eigenvalue weighted by Crippen LogP contribution is 2.60. The minimum absolute atomic E-state index is 0.0541. The number of aliphatic hydroxyl groups excluding tert-OH is 1. The van der Waals surface area contributed by atoms with Gasteiger partial charge in [-0.2, -0.15) is 18.4 Å². The van der Waals surface area contributed by atoms with Gasteiger partial charge in [0, 0.05) is 41.2 Å². The molecular formula is C26H24ClF4N5O. The first-order chi connectivity index (χ1) is 17.7. The number of aromatic nitrogens is 2. The van der Waals surface area contributed by atoms with Crippen LogP contribution in [-0.4, -0.2) is 27.7 Å². The molecule has 6 rings (SSSR count). The molecule has 3 fully saturated rings. The SMILES string of the molecule is N#CCCc1nc(-c2cc(N)cc(Cl)c2C(F)(F)F)c(F)c2c1c(C1[C@H]3CNC[C@@H]13)c(CO)n2C1CC1. The van der Waals surface area contributed by atoms with E-state index in [1.807, 2.05) is 0 Å². The Morgan fingerprint density at radius 1 is 1.24 bits per heavy atom. The van der Waals surface area contributed by atoms with Gasteiger partial charge in [0.25, 0.3) is 0 Å². The van der Waals surface area contributed by atoms with Crippen LogP contribution in [0.4, 0.5) is 23.2 Å². The highest BCUT2D eigenvalue weighted by molar-refractivity contribution is 6.32. The third-order valence-corrected chi connectivity index (χ3v) is 8.21. The molecule has 37 heavy (non-hydrogen) atoms. The molecule has 0 bridgehead atoms. The van der Waals surface area contributed by atoms with Crippen LogP contribution >= 0.6 is 11.6 Å². The zero-order valence-corrected chi connectivity index (χ0v) is 20.4. The molecule has 3 aromatic rings. The van der Waals surface area contributed by atoms with Gasteiger partial charge < -0.3 is 20.7 Å². The number of nitriles is 1. The van der Waals surface area contributed by atoms with Gasteiger partial charge in [0.1, 0.15) is 5.69 Å². The molecule has 2 aliphatic carbocycles. The number of hydrogen-bond donors (Lipinski definition) is 3. The number of aryl methyl sites for hydroxylation is 1. The summed E-state index contributed by atoms with van der Waals surface area (Å²) < 4.78 is 60.6. The molecule has 194 valence electrons. The number of fused-ring (bicyclic) bond motifs is 2. The number of nitrogens with zero attached hydrogens (tertiary/aromatic N) is 3. The normalized spacial score (nSPS) is 22.9. The summed E-state index contributed by atoms with van der Waals surface area (Å²) in [7, 11) is 0. The fourth-order valence-corrected chi connectivity index (χ4v) is 6.59. The van der Waals surface area contributed by atoms with Crippen molar-refractivity contribution in [1.29, 1.82) is 5.26 Å². The number of benzene rings is 1. The number of alkyl halides is 3. The summed E-state index contributed by atoms with van der Waals surface area (Å²) in [4.78, 5) is 4.45. The Balaban J connectivity index is 1.70. The molecule has 4 N–H and O–H groups in total. The monoisotopic (exact) mass is 533 g/mol. The van der Waals surface area contributed by atoms with Crippen molar-refractivity contribution in [3.63, 3.8) is 0 Å². The van der Waals surface area contributed by atoms with Crippen LogP contribution in [0.5, 0.6) is 0 Å². The number of pyridine rings is 1. The fraction of sp³-hybridized carbons (Fsp3) is 0.462. The van der Waals surface area contributed by atoms with Gasteiger partial charge in [0.2, 0.25) is 0 Å². The molecule has 1 aliphatic heterocycles. The Bertz CT molecular complexity index is 1460. The average molecular weight is 534 g/mol. The number of hydrogen-bond acceptors (Lipinski definition) is 5. The lowest BCUT2D eigenvalue weighted by Crippen LogP contribution is -2.15. The van der Waals surface area contributed by atoms with E-state index < -0.39 is 33.8 Å². The summed E-state index contributed by atoms with van der Waals surface area (Å²) in [5.74, 6) is -0.106. The van der Waals surface area contributed by atoms with E-state index in [2.05, 4.69) is 16.4 Å². The van der Waals surface area contributed by atoms with E-state index in [1.165, 1.54) is 0 Å². The number of rotatable bonds is 6. The third-order valence-electron chi connectivity index (χ3n) is 7.91. The topological polar surface area (TPSA) is 99.9 Å². The van der Waals surface area contributed by atoms with Crippen LogP contribution in [0.1, 0.15) is 53.7 Å². The first-order valence-electron chi connectivity index (χ1n) is 12.3. The predicted molar refractivity (Wildman–Crippen MR) is 130 cm³/mol. The van der Waals surface area contributed by atoms with Gasteiger partial charge in [0.15, 0.2) is 5.82 Å². The van der Waals surface area contributed by atoms with Gasteiger partial charge in [-0.1, -0.05) is 11.6 Å². The number of anilines is 1. The fourth-order valence-electron chi connectivity index (χ4n) is 6.26. The molecule has 3 aliphatic rings. The Kier molecular flexibility index (Phi) is 5.67. The quantitative estimate of drug-likeness (QED) is 0.294. The molecule has 3 atom stereocenters. The first-order valence-corrected chi connectivity index (χ1v) is 12.6. The van der Waals surface area contributed by atoms with Gasteiger partial charge in [-0.25, -0.2) is 9.37 Å². The molecule has 1 saturated heterocycles. The predicted octanol–water partition coefficient (Wildman–Crippen LogP) is 5.31. The maximum Gasteiger partial charge on any atom is 0.418 e. The lowest BCUT2D eigenvalue weighted by Gasteiger charge is -2.18. The van der Waals surface area contributed by atoms with Crippen molar-refractivity contribution in [3.8, 4) is 17.3 Å². The van der Waals surface area contributed by atoms with Crippen molar-refractivity contribution in [2.75, 3.05) is 18.8 Å². The standard InChI is InChI=1S/C26H24ClF4N5O/c27-16-7-11(33)6-13(22(16)26(29,30)31)24-23(28)25-20(17(35-24)2-1-5-32)21(19-14-8-34-9-15(14)19)18(10-37)36(25)12-3-4-12/h6-7,12,14-15,19,34,37H,1-4,8-10,33H2/t14-,15+,19?. The van der Waals surface area contributed by atoms with Crippen LogP contribution in [0.2, 0.25) is 5.02 Å². The van der Waals surface area contributed by atoms with Crippen molar-refractivity contribution in [3.05, 3.63) is 45.5 Å². The summed E-state index contributed by atoms with van der Waals surface area (Å²) in [6, 6.07) is 4.02. The number of piperidine rings is 1. The number of aliphatic hydroxyl groups is 1. The van der Waals surface area contributed by atoms with E-state index in [0.717, 1.165) is 43.6 Å². The van der Waals surface area contributed by atoms with Crippen LogP contribution in [0.15, 0.2) is 12.1 Å². The lowest BCUT2D eigenvalue weighted by molar-refractivity contribution is -0.137. The van der Waals surface area contributed by atoms with Gasteiger partial charge in [-0.05, 0) is 61.4 Å². The Hall–Kier alpha value is -2.87. The van der Waals surface area contributed by atoms with Crippen molar-refractivity contribution in [1.82, 2.24) is 14.9 Å². The molecule has 0 amide bonds. The third kappa shape index (κ3) is 3.78. The van der Waals surface area contributed by atoms with Crippen LogP contribution in [0, 0.1) is 29.0 Å². The highest BCUT2D eigenvalue weighted by atomic mass is 35.5. The minimum Gasteiger partial charge on any atom is -0.399 e. The zero-order chi connectivity index (χ0) is 26.2. The van der Waals surface area contributed by atoms with E-state index >= 15 is 4.39 Å². The molecule has 11 heteroatoms. The lowest BCUT2D eigenvalue weighted by atomic mass is 9.97. The van der Waals surface area contributed by atoms with Gasteiger partial charge >= 0.3 is 6.18 Å². The van der Waals surface area contributed by atoms with E-state index in [0.29, 0.717) is 28.6 Å². The van der Waals surface area contributed by atoms with Crippen LogP contribution in [0.3, 0.4) is 0 Å².